The molecule has 0 spiro atoms. The molecule has 0 unspecified atom stereocenters. The van der Waals surface area contributed by atoms with Crippen LogP contribution < -0.4 is 5.46 Å². The van der Waals surface area contributed by atoms with Crippen molar-refractivity contribution in [2.24, 2.45) is 0 Å². The fourth-order valence-electron chi connectivity index (χ4n) is 1.81. The molecule has 0 radical (unpaired) electrons. The van der Waals surface area contributed by atoms with Crippen LogP contribution >= 0.6 is 11.8 Å². The molecule has 0 atom stereocenters. The molecule has 2 aromatic rings. The molecule has 4 nitrogen and oxygen atoms in total. The number of nitrogens with zero attached hydrogens (tertiary/aromatic N) is 2. The molecule has 1 aromatic heterocycles. The van der Waals surface area contributed by atoms with Crippen LogP contribution in [0.2, 0.25) is 0 Å². The van der Waals surface area contributed by atoms with E-state index in [1.54, 1.807) is 6.07 Å². The van der Waals surface area contributed by atoms with Crippen molar-refractivity contribution < 1.29 is 14.4 Å². The molecule has 2 rings (SSSR count). The molecule has 0 saturated carbocycles. The summed E-state index contributed by atoms with van der Waals surface area (Å²) in [4.78, 5) is 8.58. The minimum absolute atomic E-state index is 0.141. The van der Waals surface area contributed by atoms with E-state index in [0.29, 0.717) is 16.5 Å². The molecule has 104 valence electrons. The van der Waals surface area contributed by atoms with Crippen LogP contribution in [0.15, 0.2) is 29.4 Å². The number of hydrogen-bond donors (Lipinski definition) is 2. The zero-order valence-electron chi connectivity index (χ0n) is 11.2. The van der Waals surface area contributed by atoms with E-state index in [4.69, 9.17) is 10.0 Å². The number of aryl methyl sites for hydroxylation is 2. The number of halogens is 1. The molecule has 0 fully saturated rings. The lowest BCUT2D eigenvalue weighted by molar-refractivity contribution is 0.425. The van der Waals surface area contributed by atoms with Gasteiger partial charge in [-0.2, -0.15) is 0 Å². The first-order chi connectivity index (χ1) is 9.44. The van der Waals surface area contributed by atoms with Gasteiger partial charge in [-0.1, -0.05) is 17.8 Å². The molecule has 1 aromatic carbocycles. The summed E-state index contributed by atoms with van der Waals surface area (Å²) in [5.41, 5.74) is 2.55. The van der Waals surface area contributed by atoms with E-state index in [2.05, 4.69) is 9.97 Å². The highest BCUT2D eigenvalue weighted by Gasteiger charge is 2.13. The molecular weight excluding hydrogens is 278 g/mol. The summed E-state index contributed by atoms with van der Waals surface area (Å²) in [5.74, 6) is -0.0343. The van der Waals surface area contributed by atoms with Crippen molar-refractivity contribution in [2.45, 2.75) is 24.8 Å². The number of aromatic nitrogens is 2. The van der Waals surface area contributed by atoms with Crippen LogP contribution in [0.4, 0.5) is 4.39 Å². The Hall–Kier alpha value is -1.44. The van der Waals surface area contributed by atoms with Gasteiger partial charge in [-0.05, 0) is 43.1 Å². The zero-order chi connectivity index (χ0) is 14.7. The van der Waals surface area contributed by atoms with Crippen molar-refractivity contribution in [2.75, 3.05) is 0 Å². The summed E-state index contributed by atoms with van der Waals surface area (Å²) in [7, 11) is -1.67. The summed E-state index contributed by atoms with van der Waals surface area (Å²) in [6, 6.07) is 5.91. The van der Waals surface area contributed by atoms with E-state index in [9.17, 15) is 4.39 Å². The quantitative estimate of drug-likeness (QED) is 0.503. The molecule has 0 saturated heterocycles. The maximum Gasteiger partial charge on any atom is 0.488 e. The molecule has 0 bridgehead atoms. The zero-order valence-corrected chi connectivity index (χ0v) is 12.0. The number of rotatable bonds is 4. The van der Waals surface area contributed by atoms with Crippen LogP contribution in [0.5, 0.6) is 0 Å². The van der Waals surface area contributed by atoms with Crippen LogP contribution in [0.1, 0.15) is 17.0 Å². The van der Waals surface area contributed by atoms with Gasteiger partial charge in [0.15, 0.2) is 5.16 Å². The Morgan fingerprint density at radius 3 is 2.35 bits per heavy atom. The van der Waals surface area contributed by atoms with E-state index in [1.807, 2.05) is 19.9 Å². The van der Waals surface area contributed by atoms with Gasteiger partial charge < -0.3 is 10.0 Å². The van der Waals surface area contributed by atoms with Gasteiger partial charge in [-0.25, -0.2) is 14.4 Å². The molecule has 20 heavy (non-hydrogen) atoms. The van der Waals surface area contributed by atoms with Crippen LogP contribution in [-0.2, 0) is 5.75 Å². The molecule has 0 aliphatic carbocycles. The first-order valence-electron chi connectivity index (χ1n) is 6.04. The van der Waals surface area contributed by atoms with E-state index < -0.39 is 12.9 Å². The monoisotopic (exact) mass is 292 g/mol. The summed E-state index contributed by atoms with van der Waals surface area (Å²) in [6.07, 6.45) is 0. The van der Waals surface area contributed by atoms with Crippen molar-refractivity contribution in [3.63, 3.8) is 0 Å². The Bertz CT molecular complexity index is 605. The second kappa shape index (κ2) is 6.34. The van der Waals surface area contributed by atoms with Gasteiger partial charge in [0.05, 0.1) is 0 Å². The average molecular weight is 292 g/mol. The Labute approximate surface area is 121 Å². The third kappa shape index (κ3) is 4.03. The maximum atomic E-state index is 13.4. The van der Waals surface area contributed by atoms with Crippen molar-refractivity contribution >= 4 is 24.3 Å². The maximum absolute atomic E-state index is 13.4. The predicted octanol–water partition coefficient (Wildman–Crippen LogP) is 1.20. The van der Waals surface area contributed by atoms with E-state index in [0.717, 1.165) is 17.5 Å². The minimum atomic E-state index is -1.67. The summed E-state index contributed by atoms with van der Waals surface area (Å²) in [5, 5.41) is 18.8. The highest BCUT2D eigenvalue weighted by atomic mass is 32.2. The van der Waals surface area contributed by atoms with Crippen LogP contribution in [-0.4, -0.2) is 27.1 Å². The first kappa shape index (κ1) is 15.0. The molecule has 0 amide bonds. The van der Waals surface area contributed by atoms with Gasteiger partial charge in [-0.3, -0.25) is 0 Å². The third-order valence-corrected chi connectivity index (χ3v) is 3.53. The lowest BCUT2D eigenvalue weighted by atomic mass is 9.79. The molecular formula is C13H14BFN2O2S. The van der Waals surface area contributed by atoms with Gasteiger partial charge in [0, 0.05) is 17.1 Å². The third-order valence-electron chi connectivity index (χ3n) is 2.61. The standard InChI is InChI=1S/C13H14BFN2O2S/c1-8-3-9(2)17-13(16-8)20-7-10-4-11(14(18)19)6-12(15)5-10/h3-6,18-19H,7H2,1-2H3. The van der Waals surface area contributed by atoms with Crippen molar-refractivity contribution in [3.05, 3.63) is 47.0 Å². The molecule has 0 aliphatic rings. The van der Waals surface area contributed by atoms with Crippen molar-refractivity contribution in [1.29, 1.82) is 0 Å². The fourth-order valence-corrected chi connectivity index (χ4v) is 2.69. The minimum Gasteiger partial charge on any atom is -0.423 e. The SMILES string of the molecule is Cc1cc(C)nc(SCc2cc(F)cc(B(O)O)c2)n1. The van der Waals surface area contributed by atoms with Crippen LogP contribution in [0, 0.1) is 19.7 Å². The number of thioether (sulfide) groups is 1. The van der Waals surface area contributed by atoms with Gasteiger partial charge in [0.25, 0.3) is 0 Å². The summed E-state index contributed by atoms with van der Waals surface area (Å²) < 4.78 is 13.4. The van der Waals surface area contributed by atoms with Gasteiger partial charge in [0.2, 0.25) is 0 Å². The topological polar surface area (TPSA) is 66.2 Å². The predicted molar refractivity (Wildman–Crippen MR) is 77.3 cm³/mol. The summed E-state index contributed by atoms with van der Waals surface area (Å²) >= 11 is 1.38. The van der Waals surface area contributed by atoms with Crippen molar-refractivity contribution in [3.8, 4) is 0 Å². The van der Waals surface area contributed by atoms with Crippen LogP contribution in [0.25, 0.3) is 0 Å². The highest BCUT2D eigenvalue weighted by molar-refractivity contribution is 7.98. The Morgan fingerprint density at radius 1 is 1.10 bits per heavy atom. The summed E-state index contributed by atoms with van der Waals surface area (Å²) in [6.45, 7) is 3.78. The van der Waals surface area contributed by atoms with E-state index in [1.165, 1.54) is 17.8 Å². The second-order valence-electron chi connectivity index (χ2n) is 4.49. The lowest BCUT2D eigenvalue weighted by Crippen LogP contribution is -2.30. The van der Waals surface area contributed by atoms with Gasteiger partial charge in [-0.15, -0.1) is 0 Å². The van der Waals surface area contributed by atoms with E-state index >= 15 is 0 Å². The molecule has 0 aliphatic heterocycles. The number of benzene rings is 1. The fraction of sp³-hybridized carbons (Fsp3) is 0.231. The largest absolute Gasteiger partial charge is 0.488 e. The first-order valence-corrected chi connectivity index (χ1v) is 7.03. The average Bonchev–Trinajstić information content (AvgIpc) is 2.34. The highest BCUT2D eigenvalue weighted by Crippen LogP contribution is 2.20. The Balaban J connectivity index is 2.14. The Kier molecular flexibility index (Phi) is 4.75. The smallest absolute Gasteiger partial charge is 0.423 e. The molecule has 1 heterocycles. The van der Waals surface area contributed by atoms with Gasteiger partial charge in [0.1, 0.15) is 5.82 Å². The normalized spacial score (nSPS) is 10.7. The van der Waals surface area contributed by atoms with Gasteiger partial charge >= 0.3 is 7.12 Å². The van der Waals surface area contributed by atoms with E-state index in [-0.39, 0.29) is 5.46 Å². The lowest BCUT2D eigenvalue weighted by Gasteiger charge is -2.06. The molecule has 2 N–H and O–H groups in total. The second-order valence-corrected chi connectivity index (χ2v) is 5.43. The number of hydrogen-bond acceptors (Lipinski definition) is 5. The van der Waals surface area contributed by atoms with Crippen molar-refractivity contribution in [1.82, 2.24) is 9.97 Å². The molecule has 7 heteroatoms. The van der Waals surface area contributed by atoms with Crippen LogP contribution in [0.3, 0.4) is 0 Å². The Morgan fingerprint density at radius 2 is 1.75 bits per heavy atom.